The number of aromatic nitrogens is 2. The van der Waals surface area contributed by atoms with Crippen LogP contribution in [0.25, 0.3) is 11.0 Å². The molecule has 0 atom stereocenters. The lowest BCUT2D eigenvalue weighted by Gasteiger charge is -2.35. The molecule has 3 rings (SSSR count). The number of carbonyl (C=O) groups is 1. The van der Waals surface area contributed by atoms with Gasteiger partial charge < -0.3 is 20.3 Å². The molecule has 0 unspecified atom stereocenters. The largest absolute Gasteiger partial charge is 0.389 e. The molecule has 2 aromatic rings. The van der Waals surface area contributed by atoms with Crippen LogP contribution >= 0.6 is 0 Å². The van der Waals surface area contributed by atoms with Gasteiger partial charge >= 0.3 is 6.03 Å². The highest BCUT2D eigenvalue weighted by atomic mass is 16.3. The monoisotopic (exact) mass is 260 g/mol. The van der Waals surface area contributed by atoms with Crippen molar-refractivity contribution in [2.75, 3.05) is 13.1 Å². The number of amides is 2. The van der Waals surface area contributed by atoms with Gasteiger partial charge in [-0.15, -0.1) is 0 Å². The van der Waals surface area contributed by atoms with Gasteiger partial charge in [0.2, 0.25) is 0 Å². The maximum Gasteiger partial charge on any atom is 0.317 e. The number of likely N-dealkylation sites (tertiary alicyclic amines) is 1. The Morgan fingerprint density at radius 2 is 2.37 bits per heavy atom. The van der Waals surface area contributed by atoms with E-state index in [0.29, 0.717) is 19.6 Å². The highest BCUT2D eigenvalue weighted by Crippen LogP contribution is 2.13. The zero-order chi connectivity index (χ0) is 13.4. The number of aliphatic hydroxyl groups is 1. The number of fused-ring (bicyclic) bond motifs is 1. The Morgan fingerprint density at radius 3 is 3.11 bits per heavy atom. The molecule has 2 amide bonds. The van der Waals surface area contributed by atoms with E-state index in [4.69, 9.17) is 5.11 Å². The maximum absolute atomic E-state index is 11.7. The number of aryl methyl sites for hydroxylation is 1. The van der Waals surface area contributed by atoms with Gasteiger partial charge in [-0.2, -0.15) is 0 Å². The molecule has 1 aliphatic heterocycles. The molecule has 6 nitrogen and oxygen atoms in total. The van der Waals surface area contributed by atoms with Gasteiger partial charge in [-0.25, -0.2) is 9.78 Å². The van der Waals surface area contributed by atoms with Crippen LogP contribution in [0.2, 0.25) is 0 Å². The van der Waals surface area contributed by atoms with Crippen molar-refractivity contribution in [1.82, 2.24) is 20.2 Å². The van der Waals surface area contributed by atoms with Gasteiger partial charge in [0.25, 0.3) is 0 Å². The molecule has 0 bridgehead atoms. The average molecular weight is 260 g/mol. The van der Waals surface area contributed by atoms with Crippen LogP contribution in [0.4, 0.5) is 4.79 Å². The number of β-amino-alcohol motifs (C(OH)–C–C–N with tert-alkyl or cyclic N) is 1. The zero-order valence-electron chi connectivity index (χ0n) is 10.7. The van der Waals surface area contributed by atoms with Crippen LogP contribution in [0, 0.1) is 6.92 Å². The third-order valence-corrected chi connectivity index (χ3v) is 3.24. The first-order valence-electron chi connectivity index (χ1n) is 6.28. The SMILES string of the molecule is Cc1ccc2nc(CNC(=O)N3CC(O)C3)[nH]c2c1. The highest BCUT2D eigenvalue weighted by Gasteiger charge is 2.28. The van der Waals surface area contributed by atoms with E-state index in [9.17, 15) is 4.79 Å². The molecule has 19 heavy (non-hydrogen) atoms. The number of hydrogen-bond donors (Lipinski definition) is 3. The molecule has 0 spiro atoms. The molecule has 6 heteroatoms. The van der Waals surface area contributed by atoms with E-state index in [0.717, 1.165) is 16.9 Å². The fraction of sp³-hybridized carbons (Fsp3) is 0.385. The van der Waals surface area contributed by atoms with Crippen LogP contribution in [-0.4, -0.2) is 45.2 Å². The minimum Gasteiger partial charge on any atom is -0.389 e. The van der Waals surface area contributed by atoms with E-state index in [2.05, 4.69) is 15.3 Å². The summed E-state index contributed by atoms with van der Waals surface area (Å²) < 4.78 is 0. The molecule has 0 aliphatic carbocycles. The number of aliphatic hydroxyl groups excluding tert-OH is 1. The summed E-state index contributed by atoms with van der Waals surface area (Å²) in [5.41, 5.74) is 3.04. The summed E-state index contributed by atoms with van der Waals surface area (Å²) >= 11 is 0. The van der Waals surface area contributed by atoms with Crippen LogP contribution in [0.5, 0.6) is 0 Å². The predicted octanol–water partition coefficient (Wildman–Crippen LogP) is 0.757. The number of urea groups is 1. The summed E-state index contributed by atoms with van der Waals surface area (Å²) in [6.45, 7) is 3.20. The quantitative estimate of drug-likeness (QED) is 0.745. The smallest absolute Gasteiger partial charge is 0.317 e. The maximum atomic E-state index is 11.7. The van der Waals surface area contributed by atoms with Gasteiger partial charge in [0.1, 0.15) is 5.82 Å². The Bertz CT molecular complexity index is 616. The molecule has 3 N–H and O–H groups in total. The number of carbonyl (C=O) groups excluding carboxylic acids is 1. The molecule has 2 heterocycles. The van der Waals surface area contributed by atoms with Gasteiger partial charge in [0, 0.05) is 0 Å². The fourth-order valence-electron chi connectivity index (χ4n) is 2.15. The van der Waals surface area contributed by atoms with Crippen LogP contribution in [0.15, 0.2) is 18.2 Å². The van der Waals surface area contributed by atoms with E-state index >= 15 is 0 Å². The minimum atomic E-state index is -0.375. The van der Waals surface area contributed by atoms with Gasteiger partial charge in [0.15, 0.2) is 0 Å². The molecule has 1 aromatic heterocycles. The van der Waals surface area contributed by atoms with Crippen molar-refractivity contribution in [2.45, 2.75) is 19.6 Å². The summed E-state index contributed by atoms with van der Waals surface area (Å²) in [6.07, 6.45) is -0.375. The molecule has 0 saturated carbocycles. The second kappa shape index (κ2) is 4.55. The summed E-state index contributed by atoms with van der Waals surface area (Å²) in [4.78, 5) is 20.8. The van der Waals surface area contributed by atoms with Gasteiger partial charge in [-0.3, -0.25) is 0 Å². The Kier molecular flexibility index (Phi) is 2.87. The lowest BCUT2D eigenvalue weighted by Crippen LogP contribution is -2.56. The third-order valence-electron chi connectivity index (χ3n) is 3.24. The second-order valence-corrected chi connectivity index (χ2v) is 4.92. The van der Waals surface area contributed by atoms with Crippen molar-refractivity contribution in [1.29, 1.82) is 0 Å². The predicted molar refractivity (Wildman–Crippen MR) is 70.6 cm³/mol. The Labute approximate surface area is 110 Å². The Hall–Kier alpha value is -2.08. The van der Waals surface area contributed by atoms with E-state index in [1.165, 1.54) is 5.56 Å². The van der Waals surface area contributed by atoms with Crippen LogP contribution < -0.4 is 5.32 Å². The normalized spacial score (nSPS) is 15.6. The molecule has 0 radical (unpaired) electrons. The number of nitrogens with one attached hydrogen (secondary N) is 2. The van der Waals surface area contributed by atoms with E-state index in [1.807, 2.05) is 25.1 Å². The van der Waals surface area contributed by atoms with Crippen molar-refractivity contribution >= 4 is 17.1 Å². The van der Waals surface area contributed by atoms with Crippen LogP contribution in [0.1, 0.15) is 11.4 Å². The van der Waals surface area contributed by atoms with Crippen molar-refractivity contribution in [3.8, 4) is 0 Å². The molecule has 1 aromatic carbocycles. The first-order valence-corrected chi connectivity index (χ1v) is 6.28. The summed E-state index contributed by atoms with van der Waals surface area (Å²) in [5.74, 6) is 0.732. The number of H-pyrrole nitrogens is 1. The van der Waals surface area contributed by atoms with E-state index in [1.54, 1.807) is 4.90 Å². The van der Waals surface area contributed by atoms with E-state index in [-0.39, 0.29) is 12.1 Å². The number of hydrogen-bond acceptors (Lipinski definition) is 3. The summed E-state index contributed by atoms with van der Waals surface area (Å²) in [5, 5.41) is 11.9. The summed E-state index contributed by atoms with van der Waals surface area (Å²) in [6, 6.07) is 5.83. The van der Waals surface area contributed by atoms with Crippen molar-refractivity contribution in [3.63, 3.8) is 0 Å². The lowest BCUT2D eigenvalue weighted by molar-refractivity contribution is 0.0265. The minimum absolute atomic E-state index is 0.165. The number of benzene rings is 1. The van der Waals surface area contributed by atoms with Crippen molar-refractivity contribution in [3.05, 3.63) is 29.6 Å². The van der Waals surface area contributed by atoms with Gasteiger partial charge in [-0.1, -0.05) is 6.07 Å². The zero-order valence-corrected chi connectivity index (χ0v) is 10.7. The fourth-order valence-corrected chi connectivity index (χ4v) is 2.15. The van der Waals surface area contributed by atoms with E-state index < -0.39 is 0 Å². The molecule has 1 saturated heterocycles. The highest BCUT2D eigenvalue weighted by molar-refractivity contribution is 5.77. The number of rotatable bonds is 2. The molecule has 100 valence electrons. The molecule has 1 aliphatic rings. The van der Waals surface area contributed by atoms with Crippen LogP contribution in [0.3, 0.4) is 0 Å². The standard InChI is InChI=1S/C13H16N4O2/c1-8-2-3-10-11(4-8)16-12(15-10)5-14-13(19)17-6-9(18)7-17/h2-4,9,18H,5-7H2,1H3,(H,14,19)(H,15,16). The molecular formula is C13H16N4O2. The lowest BCUT2D eigenvalue weighted by atomic mass is 10.2. The third kappa shape index (κ3) is 2.39. The summed E-state index contributed by atoms with van der Waals surface area (Å²) in [7, 11) is 0. The number of imidazole rings is 1. The average Bonchev–Trinajstić information content (AvgIpc) is 2.74. The van der Waals surface area contributed by atoms with Crippen LogP contribution in [-0.2, 0) is 6.54 Å². The van der Waals surface area contributed by atoms with Crippen molar-refractivity contribution < 1.29 is 9.90 Å². The molecular weight excluding hydrogens is 244 g/mol. The Balaban J connectivity index is 1.63. The first kappa shape index (κ1) is 12.0. The topological polar surface area (TPSA) is 81.2 Å². The van der Waals surface area contributed by atoms with Gasteiger partial charge in [-0.05, 0) is 24.6 Å². The second-order valence-electron chi connectivity index (χ2n) is 4.92. The number of nitrogens with zero attached hydrogens (tertiary/aromatic N) is 2. The molecule has 1 fully saturated rings. The number of aromatic amines is 1. The van der Waals surface area contributed by atoms with Crippen molar-refractivity contribution in [2.24, 2.45) is 0 Å². The Morgan fingerprint density at radius 1 is 1.58 bits per heavy atom. The van der Waals surface area contributed by atoms with Gasteiger partial charge in [0.05, 0.1) is 36.8 Å². The first-order chi connectivity index (χ1) is 9.11.